The van der Waals surface area contributed by atoms with Crippen molar-refractivity contribution in [1.29, 1.82) is 0 Å². The van der Waals surface area contributed by atoms with E-state index in [1.807, 2.05) is 39.0 Å². The van der Waals surface area contributed by atoms with Crippen molar-refractivity contribution >= 4 is 18.4 Å². The van der Waals surface area contributed by atoms with Gasteiger partial charge in [0.1, 0.15) is 11.6 Å². The predicted molar refractivity (Wildman–Crippen MR) is 132 cm³/mol. The summed E-state index contributed by atoms with van der Waals surface area (Å²) < 4.78 is 5.36. The van der Waals surface area contributed by atoms with Crippen LogP contribution in [0.2, 0.25) is 0 Å². The molecular weight excluding hydrogens is 434 g/mol. The zero-order valence-electron chi connectivity index (χ0n) is 20.5. The Kier molecular flexibility index (Phi) is 10.5. The van der Waals surface area contributed by atoms with Crippen LogP contribution in [0, 0.1) is 11.8 Å². The van der Waals surface area contributed by atoms with E-state index < -0.39 is 17.6 Å². The molecule has 186 valence electrons. The number of nitrogens with zero attached hydrogens (tertiary/aromatic N) is 1. The molecule has 3 atom stereocenters. The maximum Gasteiger partial charge on any atom is 0.407 e. The molecule has 2 aliphatic rings. The normalized spacial score (nSPS) is 20.1. The van der Waals surface area contributed by atoms with Crippen LogP contribution in [0.5, 0.6) is 0 Å². The lowest BCUT2D eigenvalue weighted by molar-refractivity contribution is -0.125. The molecule has 0 aromatic rings. The van der Waals surface area contributed by atoms with Crippen molar-refractivity contribution in [1.82, 2.24) is 20.9 Å². The van der Waals surface area contributed by atoms with Crippen molar-refractivity contribution < 1.29 is 19.1 Å². The van der Waals surface area contributed by atoms with E-state index in [0.29, 0.717) is 13.0 Å². The number of nitrogens with one attached hydrogen (secondary N) is 3. The third-order valence-electron chi connectivity index (χ3n) is 5.51. The van der Waals surface area contributed by atoms with Crippen LogP contribution < -0.4 is 21.7 Å². The molecule has 1 fully saturated rings. The summed E-state index contributed by atoms with van der Waals surface area (Å²) in [5, 5.41) is 7.84. The lowest BCUT2D eigenvalue weighted by Crippen LogP contribution is -2.44. The maximum atomic E-state index is 12.1. The molecule has 1 saturated heterocycles. The molecule has 9 heteroatoms. The second-order valence-electron chi connectivity index (χ2n) is 9.35. The molecule has 1 heterocycles. The second-order valence-corrected chi connectivity index (χ2v) is 9.35. The summed E-state index contributed by atoms with van der Waals surface area (Å²) >= 11 is 0. The molecule has 5 N–H and O–H groups in total. The Morgan fingerprint density at radius 2 is 2.09 bits per heavy atom. The molecule has 0 radical (unpaired) electrons. The molecule has 0 bridgehead atoms. The van der Waals surface area contributed by atoms with Crippen LogP contribution in [0.15, 0.2) is 35.5 Å². The SMILES string of the molecule is CNC(C#CC1=CCC=C(CC(CN)N2CCC(NC(=O)OC(C)(C)C)C2)C=C1)C(=O)NC=O. The van der Waals surface area contributed by atoms with Gasteiger partial charge in [-0.05, 0) is 53.2 Å². The number of amides is 3. The highest BCUT2D eigenvalue weighted by molar-refractivity contribution is 5.92. The summed E-state index contributed by atoms with van der Waals surface area (Å²) in [4.78, 5) is 36.7. The Balaban J connectivity index is 1.91. The standard InChI is InChI=1S/C25H37N5O4/c1-25(2,3)34-24(33)29-20-12-13-30(16-20)21(15-26)14-19-7-5-6-18(8-9-19)10-11-22(27-4)23(32)28-17-31/h6-9,17,20-22,27H,5,12-16,26H2,1-4H3,(H,29,33)(H,28,31,32). The summed E-state index contributed by atoms with van der Waals surface area (Å²) in [7, 11) is 1.61. The van der Waals surface area contributed by atoms with E-state index in [2.05, 4.69) is 38.8 Å². The zero-order chi connectivity index (χ0) is 25.1. The first kappa shape index (κ1) is 27.3. The van der Waals surface area contributed by atoms with E-state index in [0.717, 1.165) is 43.5 Å². The monoisotopic (exact) mass is 471 g/mol. The minimum absolute atomic E-state index is 0.0441. The van der Waals surface area contributed by atoms with Crippen molar-refractivity contribution in [3.63, 3.8) is 0 Å². The number of nitrogens with two attached hydrogens (primary N) is 1. The van der Waals surface area contributed by atoms with Crippen molar-refractivity contribution in [2.45, 2.75) is 63.8 Å². The maximum absolute atomic E-state index is 12.1. The molecule has 0 aromatic heterocycles. The summed E-state index contributed by atoms with van der Waals surface area (Å²) in [5.74, 6) is 5.36. The number of alkyl carbamates (subject to hydrolysis) is 1. The Morgan fingerprint density at radius 3 is 2.74 bits per heavy atom. The van der Waals surface area contributed by atoms with Gasteiger partial charge in [0.05, 0.1) is 0 Å². The van der Waals surface area contributed by atoms with Gasteiger partial charge in [-0.15, -0.1) is 0 Å². The number of carbonyl (C=O) groups is 3. The van der Waals surface area contributed by atoms with Gasteiger partial charge in [-0.2, -0.15) is 0 Å². The minimum Gasteiger partial charge on any atom is -0.444 e. The topological polar surface area (TPSA) is 126 Å². The number of ether oxygens (including phenoxy) is 1. The Hall–Kier alpha value is -2.93. The number of allylic oxidation sites excluding steroid dienone is 5. The Bertz CT molecular complexity index is 891. The number of carbonyl (C=O) groups excluding carboxylic acids is 3. The van der Waals surface area contributed by atoms with Crippen LogP contribution in [0.1, 0.15) is 40.0 Å². The third-order valence-corrected chi connectivity index (χ3v) is 5.51. The smallest absolute Gasteiger partial charge is 0.407 e. The molecular formula is C25H37N5O4. The first-order valence-corrected chi connectivity index (χ1v) is 11.6. The molecule has 9 nitrogen and oxygen atoms in total. The first-order chi connectivity index (χ1) is 16.1. The van der Waals surface area contributed by atoms with Crippen LogP contribution in [0.4, 0.5) is 4.79 Å². The van der Waals surface area contributed by atoms with Gasteiger partial charge in [-0.25, -0.2) is 4.79 Å². The fourth-order valence-electron chi connectivity index (χ4n) is 3.82. The lowest BCUT2D eigenvalue weighted by Gasteiger charge is -2.27. The molecule has 0 spiro atoms. The highest BCUT2D eigenvalue weighted by atomic mass is 16.6. The number of hydrogen-bond acceptors (Lipinski definition) is 7. The van der Waals surface area contributed by atoms with Gasteiger partial charge in [-0.3, -0.25) is 25.1 Å². The third kappa shape index (κ3) is 9.14. The van der Waals surface area contributed by atoms with Gasteiger partial charge in [0.15, 0.2) is 0 Å². The largest absolute Gasteiger partial charge is 0.444 e. The summed E-state index contributed by atoms with van der Waals surface area (Å²) in [6.07, 6.45) is 10.4. The average molecular weight is 472 g/mol. The summed E-state index contributed by atoms with van der Waals surface area (Å²) in [6.45, 7) is 7.66. The van der Waals surface area contributed by atoms with E-state index >= 15 is 0 Å². The number of hydrogen-bond donors (Lipinski definition) is 4. The van der Waals surface area contributed by atoms with Crippen molar-refractivity contribution in [2.75, 3.05) is 26.7 Å². The van der Waals surface area contributed by atoms with Crippen LogP contribution in [0.25, 0.3) is 0 Å². The Labute approximate surface area is 202 Å². The minimum atomic E-state index is -0.769. The number of likely N-dealkylation sites (tertiary alicyclic amines) is 1. The van der Waals surface area contributed by atoms with Crippen LogP contribution in [0.3, 0.4) is 0 Å². The van der Waals surface area contributed by atoms with E-state index in [1.54, 1.807) is 7.05 Å². The van der Waals surface area contributed by atoms with Gasteiger partial charge in [0, 0.05) is 37.3 Å². The van der Waals surface area contributed by atoms with E-state index in [4.69, 9.17) is 10.5 Å². The fraction of sp³-hybridized carbons (Fsp3) is 0.560. The summed E-state index contributed by atoms with van der Waals surface area (Å²) in [6, 6.07) is -0.563. The molecule has 1 aliphatic carbocycles. The first-order valence-electron chi connectivity index (χ1n) is 11.6. The van der Waals surface area contributed by atoms with Gasteiger partial charge >= 0.3 is 6.09 Å². The lowest BCUT2D eigenvalue weighted by atomic mass is 10.0. The van der Waals surface area contributed by atoms with E-state index in [-0.39, 0.29) is 18.2 Å². The molecule has 3 amide bonds. The molecule has 34 heavy (non-hydrogen) atoms. The van der Waals surface area contributed by atoms with Crippen LogP contribution >= 0.6 is 0 Å². The van der Waals surface area contributed by atoms with Crippen molar-refractivity contribution in [2.24, 2.45) is 5.73 Å². The predicted octanol–water partition coefficient (Wildman–Crippen LogP) is 0.980. The average Bonchev–Trinajstić information content (AvgIpc) is 3.09. The molecule has 0 saturated carbocycles. The zero-order valence-corrected chi connectivity index (χ0v) is 20.5. The molecule has 3 unspecified atom stereocenters. The van der Waals surface area contributed by atoms with Gasteiger partial charge in [0.25, 0.3) is 5.91 Å². The highest BCUT2D eigenvalue weighted by Crippen LogP contribution is 2.21. The van der Waals surface area contributed by atoms with Gasteiger partial charge in [0.2, 0.25) is 6.41 Å². The van der Waals surface area contributed by atoms with E-state index in [1.165, 1.54) is 0 Å². The molecule has 1 aliphatic heterocycles. The van der Waals surface area contributed by atoms with E-state index in [9.17, 15) is 14.4 Å². The molecule has 2 rings (SSSR count). The van der Waals surface area contributed by atoms with Crippen LogP contribution in [-0.2, 0) is 14.3 Å². The van der Waals surface area contributed by atoms with Gasteiger partial charge in [-0.1, -0.05) is 35.6 Å². The van der Waals surface area contributed by atoms with Crippen molar-refractivity contribution in [3.05, 3.63) is 35.5 Å². The number of rotatable bonds is 8. The van der Waals surface area contributed by atoms with Crippen molar-refractivity contribution in [3.8, 4) is 11.8 Å². The second kappa shape index (κ2) is 13.1. The summed E-state index contributed by atoms with van der Waals surface area (Å²) in [5.41, 5.74) is 7.55. The number of imide groups is 1. The fourth-order valence-corrected chi connectivity index (χ4v) is 3.82. The number of likely N-dealkylation sites (N-methyl/N-ethyl adjacent to an activating group) is 1. The van der Waals surface area contributed by atoms with Gasteiger partial charge < -0.3 is 15.8 Å². The molecule has 0 aromatic carbocycles. The quantitative estimate of drug-likeness (QED) is 0.307. The Morgan fingerprint density at radius 1 is 1.32 bits per heavy atom. The highest BCUT2D eigenvalue weighted by Gasteiger charge is 2.30. The van der Waals surface area contributed by atoms with Crippen LogP contribution in [-0.4, -0.2) is 73.7 Å².